The molecule has 0 heterocycles. The van der Waals surface area contributed by atoms with E-state index >= 15 is 0 Å². The number of allylic oxidation sites excluding steroid dienone is 1. The molecule has 130 valence electrons. The lowest BCUT2D eigenvalue weighted by molar-refractivity contribution is 0.355. The fourth-order valence-corrected chi connectivity index (χ4v) is 2.18. The second-order valence-corrected chi connectivity index (χ2v) is 5.40. The molecule has 0 amide bonds. The monoisotopic (exact) mass is 358 g/mol. The zero-order valence-corrected chi connectivity index (χ0v) is 14.7. The van der Waals surface area contributed by atoms with Crippen LogP contribution in [0.2, 0.25) is 5.02 Å². The summed E-state index contributed by atoms with van der Waals surface area (Å²) < 4.78 is 10.5. The van der Waals surface area contributed by atoms with Crippen LogP contribution in [0.3, 0.4) is 0 Å². The van der Waals surface area contributed by atoms with E-state index in [9.17, 15) is 0 Å². The minimum absolute atomic E-state index is 0.119. The Bertz CT molecular complexity index is 810. The van der Waals surface area contributed by atoms with Crippen molar-refractivity contribution in [1.82, 2.24) is 0 Å². The minimum atomic E-state index is -0.119. The maximum atomic E-state index is 5.93. The number of hydrogen-bond donors (Lipinski definition) is 2. The topological polar surface area (TPSA) is 95.2 Å². The lowest BCUT2D eigenvalue weighted by atomic mass is 10.1. The zero-order valence-electron chi connectivity index (χ0n) is 13.9. The number of methoxy groups -OCH3 is 2. The number of nitrogens with zero attached hydrogens (tertiary/aromatic N) is 2. The predicted molar refractivity (Wildman–Crippen MR) is 102 cm³/mol. The summed E-state index contributed by atoms with van der Waals surface area (Å²) in [5.41, 5.74) is 13.0. The summed E-state index contributed by atoms with van der Waals surface area (Å²) in [6, 6.07) is 12.8. The fourth-order valence-electron chi connectivity index (χ4n) is 2.05. The van der Waals surface area contributed by atoms with Crippen molar-refractivity contribution in [3.8, 4) is 11.5 Å². The maximum absolute atomic E-state index is 5.93. The molecule has 2 aromatic carbocycles. The Morgan fingerprint density at radius 2 is 1.64 bits per heavy atom. The minimum Gasteiger partial charge on any atom is -0.493 e. The summed E-state index contributed by atoms with van der Waals surface area (Å²) >= 11 is 5.93. The summed E-state index contributed by atoms with van der Waals surface area (Å²) in [6.07, 6.45) is 3.68. The van der Waals surface area contributed by atoms with E-state index in [2.05, 4.69) is 10.2 Å². The largest absolute Gasteiger partial charge is 0.493 e. The van der Waals surface area contributed by atoms with Gasteiger partial charge in [0.15, 0.2) is 11.5 Å². The Kier molecular flexibility index (Phi) is 6.42. The molecule has 0 aromatic heterocycles. The third kappa shape index (κ3) is 5.26. The molecule has 7 heteroatoms. The number of guanidine groups is 1. The van der Waals surface area contributed by atoms with Crippen LogP contribution in [0.1, 0.15) is 11.1 Å². The first-order chi connectivity index (χ1) is 12.0. The van der Waals surface area contributed by atoms with E-state index < -0.39 is 0 Å². The molecule has 0 aliphatic carbocycles. The molecule has 2 aromatic rings. The van der Waals surface area contributed by atoms with Gasteiger partial charge in [-0.3, -0.25) is 0 Å². The highest BCUT2D eigenvalue weighted by Crippen LogP contribution is 2.28. The molecule has 0 fully saturated rings. The highest BCUT2D eigenvalue weighted by Gasteiger charge is 2.04. The Balaban J connectivity index is 2.36. The second-order valence-electron chi connectivity index (χ2n) is 4.96. The Labute approximate surface area is 151 Å². The van der Waals surface area contributed by atoms with Gasteiger partial charge < -0.3 is 20.9 Å². The molecule has 6 nitrogen and oxygen atoms in total. The normalized spacial score (nSPS) is 11.4. The van der Waals surface area contributed by atoms with Crippen LogP contribution in [-0.2, 0) is 0 Å². The van der Waals surface area contributed by atoms with Crippen molar-refractivity contribution in [1.29, 1.82) is 0 Å². The van der Waals surface area contributed by atoms with Gasteiger partial charge in [0.05, 0.1) is 19.9 Å². The quantitative estimate of drug-likeness (QED) is 0.471. The average Bonchev–Trinajstić information content (AvgIpc) is 2.62. The molecule has 0 bridgehead atoms. The van der Waals surface area contributed by atoms with E-state index in [1.54, 1.807) is 32.4 Å². The van der Waals surface area contributed by atoms with Gasteiger partial charge in [0.2, 0.25) is 5.96 Å². The van der Waals surface area contributed by atoms with Crippen LogP contribution in [-0.4, -0.2) is 25.9 Å². The van der Waals surface area contributed by atoms with E-state index in [0.717, 1.165) is 11.1 Å². The lowest BCUT2D eigenvalue weighted by Crippen LogP contribution is -2.22. The van der Waals surface area contributed by atoms with Crippen molar-refractivity contribution in [3.05, 3.63) is 64.7 Å². The number of ether oxygens (including phenoxy) is 2. The van der Waals surface area contributed by atoms with Gasteiger partial charge in [0.1, 0.15) is 0 Å². The third-order valence-corrected chi connectivity index (χ3v) is 3.51. The molecule has 0 saturated carbocycles. The molecule has 0 atom stereocenters. The summed E-state index contributed by atoms with van der Waals surface area (Å²) in [7, 11) is 3.18. The van der Waals surface area contributed by atoms with Crippen LogP contribution in [0.5, 0.6) is 11.5 Å². The maximum Gasteiger partial charge on any atom is 0.211 e. The smallest absolute Gasteiger partial charge is 0.211 e. The van der Waals surface area contributed by atoms with Gasteiger partial charge in [-0.2, -0.15) is 0 Å². The van der Waals surface area contributed by atoms with Crippen molar-refractivity contribution in [3.63, 3.8) is 0 Å². The Morgan fingerprint density at radius 1 is 0.960 bits per heavy atom. The summed E-state index contributed by atoms with van der Waals surface area (Å²) in [5, 5.41) is 8.44. The van der Waals surface area contributed by atoms with E-state index in [1.807, 2.05) is 36.4 Å². The highest BCUT2D eigenvalue weighted by molar-refractivity contribution is 6.30. The molecule has 0 unspecified atom stereocenters. The molecule has 4 N–H and O–H groups in total. The van der Waals surface area contributed by atoms with Crippen LogP contribution in [0.15, 0.2) is 58.7 Å². The number of benzene rings is 2. The summed E-state index contributed by atoms with van der Waals surface area (Å²) in [6.45, 7) is 0. The molecular formula is C18H19ClN4O2. The van der Waals surface area contributed by atoms with Gasteiger partial charge in [-0.1, -0.05) is 35.9 Å². The van der Waals surface area contributed by atoms with Crippen LogP contribution in [0.4, 0.5) is 0 Å². The van der Waals surface area contributed by atoms with Crippen molar-refractivity contribution in [2.24, 2.45) is 21.7 Å². The molecule has 0 aliphatic heterocycles. The SMILES string of the molecule is COc1ccc(/C=C/C(=N/N=C(N)N)c2ccc(Cl)cc2)cc1OC. The fraction of sp³-hybridized carbons (Fsp3) is 0.111. The lowest BCUT2D eigenvalue weighted by Gasteiger charge is -2.07. The van der Waals surface area contributed by atoms with Crippen molar-refractivity contribution < 1.29 is 9.47 Å². The number of nitrogens with two attached hydrogens (primary N) is 2. The first-order valence-corrected chi connectivity index (χ1v) is 7.74. The third-order valence-electron chi connectivity index (χ3n) is 3.25. The van der Waals surface area contributed by atoms with Crippen LogP contribution >= 0.6 is 11.6 Å². The van der Waals surface area contributed by atoms with Gasteiger partial charge in [0, 0.05) is 10.6 Å². The average molecular weight is 359 g/mol. The van der Waals surface area contributed by atoms with E-state index in [-0.39, 0.29) is 5.96 Å². The van der Waals surface area contributed by atoms with Gasteiger partial charge in [-0.25, -0.2) is 0 Å². The molecule has 0 radical (unpaired) electrons. The van der Waals surface area contributed by atoms with E-state index in [0.29, 0.717) is 22.2 Å². The molecule has 2 rings (SSSR count). The van der Waals surface area contributed by atoms with Crippen molar-refractivity contribution in [2.45, 2.75) is 0 Å². The Morgan fingerprint density at radius 3 is 2.24 bits per heavy atom. The van der Waals surface area contributed by atoms with Gasteiger partial charge in [-0.15, -0.1) is 10.2 Å². The Hall–Kier alpha value is -2.99. The first-order valence-electron chi connectivity index (χ1n) is 7.36. The van der Waals surface area contributed by atoms with Crippen molar-refractivity contribution in [2.75, 3.05) is 14.2 Å². The first kappa shape index (κ1) is 18.4. The molecule has 25 heavy (non-hydrogen) atoms. The number of hydrogen-bond acceptors (Lipinski definition) is 4. The second kappa shape index (κ2) is 8.75. The molecule has 0 saturated heterocycles. The van der Waals surface area contributed by atoms with Crippen LogP contribution < -0.4 is 20.9 Å². The number of rotatable bonds is 6. The molecular weight excluding hydrogens is 340 g/mol. The van der Waals surface area contributed by atoms with Gasteiger partial charge in [-0.05, 0) is 35.9 Å². The van der Waals surface area contributed by atoms with Gasteiger partial charge in [0.25, 0.3) is 0 Å². The predicted octanol–water partition coefficient (Wildman–Crippen LogP) is 3.05. The zero-order chi connectivity index (χ0) is 18.2. The van der Waals surface area contributed by atoms with E-state index in [4.69, 9.17) is 32.5 Å². The van der Waals surface area contributed by atoms with Crippen LogP contribution in [0, 0.1) is 0 Å². The summed E-state index contributed by atoms with van der Waals surface area (Å²) in [5.74, 6) is 1.18. The van der Waals surface area contributed by atoms with E-state index in [1.165, 1.54) is 0 Å². The van der Waals surface area contributed by atoms with Gasteiger partial charge >= 0.3 is 0 Å². The van der Waals surface area contributed by atoms with Crippen LogP contribution in [0.25, 0.3) is 6.08 Å². The van der Waals surface area contributed by atoms with Crippen molar-refractivity contribution >= 4 is 29.3 Å². The molecule has 0 spiro atoms. The molecule has 0 aliphatic rings. The summed E-state index contributed by atoms with van der Waals surface area (Å²) in [4.78, 5) is 0. The standard InChI is InChI=1S/C18H19ClN4O2/c1-24-16-10-4-12(11-17(16)25-2)3-9-15(22-23-18(20)21)13-5-7-14(19)8-6-13/h3-11H,1-2H3,(H4,20,21,23)/b9-3+,22-15-. The number of halogens is 1. The highest BCUT2D eigenvalue weighted by atomic mass is 35.5.